The van der Waals surface area contributed by atoms with Gasteiger partial charge in [0.25, 0.3) is 0 Å². The first kappa shape index (κ1) is 14.8. The van der Waals surface area contributed by atoms with Crippen LogP contribution in [0.1, 0.15) is 18.7 Å². The summed E-state index contributed by atoms with van der Waals surface area (Å²) in [4.78, 5) is 28.6. The van der Waals surface area contributed by atoms with Crippen LogP contribution >= 0.6 is 0 Å². The van der Waals surface area contributed by atoms with Crippen LogP contribution in [0.5, 0.6) is 0 Å². The maximum absolute atomic E-state index is 11.6. The predicted octanol–water partition coefficient (Wildman–Crippen LogP) is 1.51. The number of likely N-dealkylation sites (tertiary alicyclic amines) is 1. The highest BCUT2D eigenvalue weighted by atomic mass is 16.3. The van der Waals surface area contributed by atoms with Crippen LogP contribution in [0.2, 0.25) is 0 Å². The summed E-state index contributed by atoms with van der Waals surface area (Å²) in [6.07, 6.45) is 0.278. The molecule has 1 saturated heterocycles. The monoisotopic (exact) mass is 310 g/mol. The number of nitrogens with zero attached hydrogens (tertiary/aromatic N) is 4. The minimum absolute atomic E-state index is 0.0452. The topological polar surface area (TPSA) is 99.2 Å². The molecule has 0 unspecified atom stereocenters. The number of benzene rings is 1. The van der Waals surface area contributed by atoms with Gasteiger partial charge < -0.3 is 9.67 Å². The van der Waals surface area contributed by atoms with E-state index in [0.717, 1.165) is 10.4 Å². The van der Waals surface area contributed by atoms with Gasteiger partial charge in [-0.25, -0.2) is 4.98 Å². The Bertz CT molecular complexity index is 872. The number of nitriles is 1. The molecule has 7 nitrogen and oxygen atoms in total. The van der Waals surface area contributed by atoms with E-state index in [1.807, 2.05) is 24.3 Å². The molecular weight excluding hydrogens is 296 g/mol. The minimum Gasteiger partial charge on any atom is -0.509 e. The first-order valence-corrected chi connectivity index (χ1v) is 7.10. The Hall–Kier alpha value is -3.14. The molecule has 0 saturated carbocycles. The van der Waals surface area contributed by atoms with Crippen molar-refractivity contribution in [2.24, 2.45) is 7.05 Å². The Balaban J connectivity index is 2.03. The smallest absolute Gasteiger partial charge is 0.230 e. The average Bonchev–Trinajstić information content (AvgIpc) is 3.03. The number of fused-ring (bicyclic) bond motifs is 1. The van der Waals surface area contributed by atoms with Gasteiger partial charge in [0.1, 0.15) is 17.4 Å². The molecule has 1 fully saturated rings. The number of hydrogen-bond donors (Lipinski definition) is 1. The molecule has 7 heteroatoms. The normalized spacial score (nSPS) is 15.9. The maximum atomic E-state index is 11.6. The number of carbonyl (C=O) groups excluding carboxylic acids is 2. The first-order valence-electron chi connectivity index (χ1n) is 7.10. The molecule has 23 heavy (non-hydrogen) atoms. The fourth-order valence-electron chi connectivity index (χ4n) is 2.64. The molecule has 0 radical (unpaired) electrons. The lowest BCUT2D eigenvalue weighted by molar-refractivity contribution is -0.138. The lowest BCUT2D eigenvalue weighted by Crippen LogP contribution is -2.31. The van der Waals surface area contributed by atoms with Crippen molar-refractivity contribution < 1.29 is 14.7 Å². The zero-order chi connectivity index (χ0) is 16.6. The van der Waals surface area contributed by atoms with Crippen molar-refractivity contribution in [3.8, 4) is 6.07 Å². The van der Waals surface area contributed by atoms with Gasteiger partial charge in [-0.15, -0.1) is 0 Å². The second-order valence-corrected chi connectivity index (χ2v) is 5.29. The maximum Gasteiger partial charge on any atom is 0.230 e. The van der Waals surface area contributed by atoms with Crippen LogP contribution in [0, 0.1) is 11.3 Å². The quantitative estimate of drug-likeness (QED) is 0.526. The van der Waals surface area contributed by atoms with Crippen molar-refractivity contribution in [1.82, 2.24) is 14.5 Å². The number of imide groups is 1. The number of aliphatic hydroxyl groups excluding tert-OH is 1. The van der Waals surface area contributed by atoms with Crippen LogP contribution in [-0.2, 0) is 16.6 Å². The van der Waals surface area contributed by atoms with Gasteiger partial charge in [0.2, 0.25) is 11.8 Å². The van der Waals surface area contributed by atoms with E-state index in [9.17, 15) is 20.0 Å². The molecule has 3 rings (SSSR count). The van der Waals surface area contributed by atoms with Crippen LogP contribution in [-0.4, -0.2) is 37.9 Å². The second kappa shape index (κ2) is 5.57. The highest BCUT2D eigenvalue weighted by Crippen LogP contribution is 2.23. The van der Waals surface area contributed by atoms with E-state index in [4.69, 9.17) is 0 Å². The van der Waals surface area contributed by atoms with E-state index < -0.39 is 0 Å². The molecule has 0 spiro atoms. The number of aromatic nitrogens is 2. The predicted molar refractivity (Wildman–Crippen MR) is 81.8 cm³/mol. The van der Waals surface area contributed by atoms with E-state index >= 15 is 0 Å². The molecule has 1 aliphatic heterocycles. The summed E-state index contributed by atoms with van der Waals surface area (Å²) >= 11 is 0. The number of carbonyl (C=O) groups is 2. The van der Waals surface area contributed by atoms with Crippen LogP contribution < -0.4 is 0 Å². The van der Waals surface area contributed by atoms with E-state index in [1.165, 1.54) is 0 Å². The molecule has 0 aliphatic carbocycles. The van der Waals surface area contributed by atoms with Crippen molar-refractivity contribution in [3.05, 3.63) is 35.8 Å². The first-order chi connectivity index (χ1) is 11.0. The van der Waals surface area contributed by atoms with Gasteiger partial charge >= 0.3 is 0 Å². The SMILES string of the molecule is Cn1c(C(C#N)=C(O)CN2C(=O)CCC2=O)nc2ccccc21. The van der Waals surface area contributed by atoms with Gasteiger partial charge in [-0.05, 0) is 12.1 Å². The molecule has 2 aromatic rings. The Morgan fingerprint density at radius 3 is 2.57 bits per heavy atom. The van der Waals surface area contributed by atoms with Gasteiger partial charge in [0.05, 0.1) is 17.6 Å². The lowest BCUT2D eigenvalue weighted by atomic mass is 10.2. The van der Waals surface area contributed by atoms with E-state index in [1.54, 1.807) is 17.7 Å². The highest BCUT2D eigenvalue weighted by Gasteiger charge is 2.30. The Morgan fingerprint density at radius 1 is 1.30 bits per heavy atom. The number of hydrogen-bond acceptors (Lipinski definition) is 5. The van der Waals surface area contributed by atoms with Gasteiger partial charge in [-0.1, -0.05) is 12.1 Å². The van der Waals surface area contributed by atoms with Crippen molar-refractivity contribution in [1.29, 1.82) is 5.26 Å². The van der Waals surface area contributed by atoms with E-state index in [0.29, 0.717) is 11.3 Å². The van der Waals surface area contributed by atoms with Crippen molar-refractivity contribution in [2.75, 3.05) is 6.54 Å². The summed E-state index contributed by atoms with van der Waals surface area (Å²) in [6, 6.07) is 9.26. The zero-order valence-corrected chi connectivity index (χ0v) is 12.5. The summed E-state index contributed by atoms with van der Waals surface area (Å²) in [7, 11) is 1.74. The molecule has 1 aliphatic rings. The van der Waals surface area contributed by atoms with Crippen molar-refractivity contribution in [3.63, 3.8) is 0 Å². The molecular formula is C16H14N4O3. The van der Waals surface area contributed by atoms with Crippen molar-refractivity contribution in [2.45, 2.75) is 12.8 Å². The Kier molecular flexibility index (Phi) is 3.58. The molecule has 1 aromatic heterocycles. The summed E-state index contributed by atoms with van der Waals surface area (Å²) < 4.78 is 1.69. The highest BCUT2D eigenvalue weighted by molar-refractivity contribution is 6.02. The summed E-state index contributed by atoms with van der Waals surface area (Å²) in [6.45, 7) is -0.302. The number of aryl methyl sites for hydroxylation is 1. The van der Waals surface area contributed by atoms with Crippen LogP contribution in [0.4, 0.5) is 0 Å². The summed E-state index contributed by atoms with van der Waals surface area (Å²) in [5.74, 6) is -0.729. The van der Waals surface area contributed by atoms with Crippen LogP contribution in [0.25, 0.3) is 16.6 Å². The van der Waals surface area contributed by atoms with E-state index in [2.05, 4.69) is 4.98 Å². The van der Waals surface area contributed by atoms with Gasteiger partial charge in [0.15, 0.2) is 5.82 Å². The summed E-state index contributed by atoms with van der Waals surface area (Å²) in [5, 5.41) is 19.7. The number of imidazole rings is 1. The Labute approximate surface area is 132 Å². The van der Waals surface area contributed by atoms with Gasteiger partial charge in [0, 0.05) is 19.9 Å². The third-order valence-corrected chi connectivity index (χ3v) is 3.87. The van der Waals surface area contributed by atoms with Gasteiger partial charge in [-0.2, -0.15) is 5.26 Å². The zero-order valence-electron chi connectivity index (χ0n) is 12.5. The number of amides is 2. The molecule has 1 N–H and O–H groups in total. The number of aliphatic hydroxyl groups is 1. The fraction of sp³-hybridized carbons (Fsp3) is 0.250. The third-order valence-electron chi connectivity index (χ3n) is 3.87. The number of para-hydroxylation sites is 2. The second-order valence-electron chi connectivity index (χ2n) is 5.29. The van der Waals surface area contributed by atoms with Crippen LogP contribution in [0.15, 0.2) is 30.0 Å². The van der Waals surface area contributed by atoms with Gasteiger partial charge in [-0.3, -0.25) is 14.5 Å². The number of rotatable bonds is 3. The third kappa shape index (κ3) is 2.44. The average molecular weight is 310 g/mol. The molecule has 2 amide bonds. The number of allylic oxidation sites excluding steroid dienone is 1. The summed E-state index contributed by atoms with van der Waals surface area (Å²) in [5.41, 5.74) is 1.46. The van der Waals surface area contributed by atoms with Crippen LogP contribution in [0.3, 0.4) is 0 Å². The molecule has 2 heterocycles. The standard InChI is InChI=1S/C16H14N4O3/c1-19-12-5-3-2-4-11(12)18-16(19)10(8-17)13(21)9-20-14(22)6-7-15(20)23/h2-5,21H,6-7,9H2,1H3. The lowest BCUT2D eigenvalue weighted by Gasteiger charge is -2.13. The minimum atomic E-state index is -0.344. The molecule has 0 bridgehead atoms. The van der Waals surface area contributed by atoms with E-state index in [-0.39, 0.29) is 42.5 Å². The molecule has 1 aromatic carbocycles. The Morgan fingerprint density at radius 2 is 1.96 bits per heavy atom. The largest absolute Gasteiger partial charge is 0.509 e. The van der Waals surface area contributed by atoms with Crippen molar-refractivity contribution >= 4 is 28.4 Å². The molecule has 116 valence electrons. The molecule has 0 atom stereocenters. The fourth-order valence-corrected chi connectivity index (χ4v) is 2.64.